The molecular formula is C10H11ClN2O. The quantitative estimate of drug-likeness (QED) is 0.419. The molecule has 1 heterocycles. The second kappa shape index (κ2) is 2.98. The minimum absolute atomic E-state index is 0.662. The molecule has 4 N–H and O–H groups in total. The molecule has 4 heteroatoms. The first kappa shape index (κ1) is 9.52. The van der Waals surface area contributed by atoms with E-state index in [-0.39, 0.29) is 0 Å². The van der Waals surface area contributed by atoms with Crippen LogP contribution in [0.3, 0.4) is 0 Å². The van der Waals surface area contributed by atoms with E-state index in [0.29, 0.717) is 0 Å². The van der Waals surface area contributed by atoms with Crippen molar-refractivity contribution >= 4 is 11.6 Å². The van der Waals surface area contributed by atoms with E-state index in [1.165, 1.54) is 0 Å². The van der Waals surface area contributed by atoms with Crippen LogP contribution in [0.15, 0.2) is 47.3 Å². The van der Waals surface area contributed by atoms with Crippen LogP contribution in [0, 0.1) is 0 Å². The normalized spacial score (nSPS) is 36.2. The van der Waals surface area contributed by atoms with Crippen LogP contribution in [0.5, 0.6) is 0 Å². The highest BCUT2D eigenvalue weighted by Gasteiger charge is 2.28. The molecular weight excluding hydrogens is 200 g/mol. The Hall–Kier alpha value is -1.03. The van der Waals surface area contributed by atoms with E-state index >= 15 is 0 Å². The van der Waals surface area contributed by atoms with Gasteiger partial charge in [0.15, 0.2) is 0 Å². The van der Waals surface area contributed by atoms with Gasteiger partial charge in [-0.25, -0.2) is 0 Å². The average Bonchev–Trinajstić information content (AvgIpc) is 2.64. The van der Waals surface area contributed by atoms with E-state index in [4.69, 9.17) is 27.5 Å². The van der Waals surface area contributed by atoms with Gasteiger partial charge in [-0.3, -0.25) is 0 Å². The SMILES string of the molecule is NC1(Cl)C=CC(N)(c2ccoc2)C=C1. The van der Waals surface area contributed by atoms with Gasteiger partial charge in [0.2, 0.25) is 0 Å². The number of hydrogen-bond donors (Lipinski definition) is 2. The van der Waals surface area contributed by atoms with Gasteiger partial charge in [0, 0.05) is 5.56 Å². The maximum absolute atomic E-state index is 6.10. The molecule has 1 aliphatic rings. The third-order valence-corrected chi connectivity index (χ3v) is 2.50. The van der Waals surface area contributed by atoms with E-state index in [2.05, 4.69) is 0 Å². The van der Waals surface area contributed by atoms with Crippen LogP contribution in [0.25, 0.3) is 0 Å². The number of alkyl halides is 1. The summed E-state index contributed by atoms with van der Waals surface area (Å²) < 4.78 is 4.97. The zero-order valence-corrected chi connectivity index (χ0v) is 8.24. The Bertz CT molecular complexity index is 363. The molecule has 14 heavy (non-hydrogen) atoms. The van der Waals surface area contributed by atoms with Gasteiger partial charge in [-0.2, -0.15) is 0 Å². The predicted molar refractivity (Wildman–Crippen MR) is 55.6 cm³/mol. The molecule has 2 rings (SSSR count). The van der Waals surface area contributed by atoms with Crippen molar-refractivity contribution in [2.75, 3.05) is 0 Å². The van der Waals surface area contributed by atoms with Crippen LogP contribution in [-0.2, 0) is 5.54 Å². The van der Waals surface area contributed by atoms with Gasteiger partial charge in [-0.05, 0) is 18.2 Å². The molecule has 0 fully saturated rings. The molecule has 1 aromatic heterocycles. The highest BCUT2D eigenvalue weighted by atomic mass is 35.5. The molecule has 0 atom stereocenters. The molecule has 74 valence electrons. The number of nitrogens with two attached hydrogens (primary N) is 2. The summed E-state index contributed by atoms with van der Waals surface area (Å²) in [5.74, 6) is 0. The minimum atomic E-state index is -0.924. The Morgan fingerprint density at radius 3 is 2.29 bits per heavy atom. The first-order valence-corrected chi connectivity index (χ1v) is 4.60. The van der Waals surface area contributed by atoms with Crippen molar-refractivity contribution in [3.8, 4) is 0 Å². The Morgan fingerprint density at radius 2 is 1.79 bits per heavy atom. The van der Waals surface area contributed by atoms with Gasteiger partial charge in [-0.1, -0.05) is 23.8 Å². The van der Waals surface area contributed by atoms with E-state index in [9.17, 15) is 0 Å². The van der Waals surface area contributed by atoms with Gasteiger partial charge >= 0.3 is 0 Å². The van der Waals surface area contributed by atoms with Crippen LogP contribution in [0.4, 0.5) is 0 Å². The third-order valence-electron chi connectivity index (χ3n) is 2.25. The number of furan rings is 1. The Kier molecular flexibility index (Phi) is 2.03. The van der Waals surface area contributed by atoms with Gasteiger partial charge in [0.25, 0.3) is 0 Å². The zero-order valence-electron chi connectivity index (χ0n) is 7.48. The van der Waals surface area contributed by atoms with Crippen LogP contribution < -0.4 is 11.5 Å². The van der Waals surface area contributed by atoms with Crippen molar-refractivity contribution in [3.05, 3.63) is 48.5 Å². The molecule has 0 spiro atoms. The number of rotatable bonds is 1. The van der Waals surface area contributed by atoms with Crippen LogP contribution in [0.2, 0.25) is 0 Å². The minimum Gasteiger partial charge on any atom is -0.472 e. The summed E-state index contributed by atoms with van der Waals surface area (Å²) >= 11 is 5.89. The zero-order chi connectivity index (χ0) is 10.2. The van der Waals surface area contributed by atoms with E-state index < -0.39 is 10.5 Å². The van der Waals surface area contributed by atoms with Gasteiger partial charge < -0.3 is 15.9 Å². The molecule has 0 saturated heterocycles. The van der Waals surface area contributed by atoms with Crippen LogP contribution in [0.1, 0.15) is 5.56 Å². The summed E-state index contributed by atoms with van der Waals surface area (Å²) in [6, 6.07) is 1.81. The number of hydrogen-bond acceptors (Lipinski definition) is 3. The van der Waals surface area contributed by atoms with Crippen molar-refractivity contribution in [1.29, 1.82) is 0 Å². The molecule has 1 aliphatic carbocycles. The molecule has 0 unspecified atom stereocenters. The van der Waals surface area contributed by atoms with E-state index in [0.717, 1.165) is 5.56 Å². The Labute approximate surface area is 87.0 Å². The third kappa shape index (κ3) is 1.62. The van der Waals surface area contributed by atoms with Crippen LogP contribution >= 0.6 is 11.6 Å². The summed E-state index contributed by atoms with van der Waals surface area (Å²) in [5, 5.41) is 0. The van der Waals surface area contributed by atoms with Crippen molar-refractivity contribution in [2.24, 2.45) is 11.5 Å². The highest BCUT2D eigenvalue weighted by molar-refractivity contribution is 6.26. The molecule has 0 radical (unpaired) electrons. The highest BCUT2D eigenvalue weighted by Crippen LogP contribution is 2.29. The van der Waals surface area contributed by atoms with Gasteiger partial charge in [-0.15, -0.1) is 0 Å². The van der Waals surface area contributed by atoms with Crippen molar-refractivity contribution in [1.82, 2.24) is 0 Å². The molecule has 3 nitrogen and oxygen atoms in total. The second-order valence-electron chi connectivity index (χ2n) is 3.44. The molecule has 0 saturated carbocycles. The largest absolute Gasteiger partial charge is 0.472 e. The van der Waals surface area contributed by atoms with Crippen LogP contribution in [-0.4, -0.2) is 5.00 Å². The standard InChI is InChI=1S/C10H11ClN2O/c11-10(13)4-2-9(12,3-5-10)8-1-6-14-7-8/h1-7H,12-13H2. The monoisotopic (exact) mass is 210 g/mol. The molecule has 0 aliphatic heterocycles. The summed E-state index contributed by atoms with van der Waals surface area (Å²) in [6.45, 7) is 0. The second-order valence-corrected chi connectivity index (χ2v) is 4.09. The Morgan fingerprint density at radius 1 is 1.14 bits per heavy atom. The van der Waals surface area contributed by atoms with Crippen molar-refractivity contribution in [3.63, 3.8) is 0 Å². The topological polar surface area (TPSA) is 65.2 Å². The maximum Gasteiger partial charge on any atom is 0.128 e. The van der Waals surface area contributed by atoms with Crippen molar-refractivity contribution in [2.45, 2.75) is 10.5 Å². The molecule has 1 aromatic rings. The first-order chi connectivity index (χ1) is 6.52. The molecule has 0 amide bonds. The molecule has 0 bridgehead atoms. The average molecular weight is 211 g/mol. The lowest BCUT2D eigenvalue weighted by atomic mass is 9.88. The summed E-state index contributed by atoms with van der Waals surface area (Å²) in [7, 11) is 0. The van der Waals surface area contributed by atoms with Gasteiger partial charge in [0.1, 0.15) is 5.00 Å². The predicted octanol–water partition coefficient (Wildman–Crippen LogP) is 1.45. The lowest BCUT2D eigenvalue weighted by Gasteiger charge is -2.27. The fourth-order valence-corrected chi connectivity index (χ4v) is 1.47. The lowest BCUT2D eigenvalue weighted by Crippen LogP contribution is -2.39. The first-order valence-electron chi connectivity index (χ1n) is 4.22. The fraction of sp³-hybridized carbons (Fsp3) is 0.200. The summed E-state index contributed by atoms with van der Waals surface area (Å²) in [6.07, 6.45) is 10.1. The molecule has 0 aromatic carbocycles. The van der Waals surface area contributed by atoms with Crippen molar-refractivity contribution < 1.29 is 4.42 Å². The van der Waals surface area contributed by atoms with E-state index in [1.54, 1.807) is 36.8 Å². The lowest BCUT2D eigenvalue weighted by molar-refractivity contribution is 0.554. The van der Waals surface area contributed by atoms with Gasteiger partial charge in [0.05, 0.1) is 18.1 Å². The maximum atomic E-state index is 6.10. The smallest absolute Gasteiger partial charge is 0.128 e. The number of halogens is 1. The summed E-state index contributed by atoms with van der Waals surface area (Å²) in [5.41, 5.74) is 12.0. The summed E-state index contributed by atoms with van der Waals surface area (Å²) in [4.78, 5) is -0.924. The van der Waals surface area contributed by atoms with E-state index in [1.807, 2.05) is 6.07 Å². The fourth-order valence-electron chi connectivity index (χ4n) is 1.35. The Balaban J connectivity index is 2.34.